The zero-order valence-corrected chi connectivity index (χ0v) is 8.29. The Morgan fingerprint density at radius 1 is 1.29 bits per heavy atom. The van der Waals surface area contributed by atoms with E-state index in [-0.39, 0.29) is 0 Å². The molecule has 0 aliphatic carbocycles. The molecule has 0 saturated heterocycles. The minimum atomic E-state index is 0.899. The quantitative estimate of drug-likeness (QED) is 0.766. The van der Waals surface area contributed by atoms with Crippen molar-refractivity contribution in [2.24, 2.45) is 4.99 Å². The van der Waals surface area contributed by atoms with Crippen LogP contribution in [0.5, 0.6) is 0 Å². The van der Waals surface area contributed by atoms with Crippen molar-refractivity contribution in [3.63, 3.8) is 0 Å². The van der Waals surface area contributed by atoms with Crippen molar-refractivity contribution in [2.75, 3.05) is 13.1 Å². The van der Waals surface area contributed by atoms with E-state index in [1.54, 1.807) is 0 Å². The third-order valence-corrected chi connectivity index (χ3v) is 2.37. The molecule has 0 atom stereocenters. The van der Waals surface area contributed by atoms with Crippen molar-refractivity contribution < 1.29 is 0 Å². The second-order valence-corrected chi connectivity index (χ2v) is 3.46. The van der Waals surface area contributed by atoms with Crippen LogP contribution in [0.15, 0.2) is 29.3 Å². The van der Waals surface area contributed by atoms with Gasteiger partial charge in [0.1, 0.15) is 5.84 Å². The fourth-order valence-corrected chi connectivity index (χ4v) is 1.62. The standard InChI is InChI=1S/C12H15N2/c1-2-3-10-4-6-11(7-5-10)12-13-8-9-14-12/h4-7H,1-3,8-9H2,(H,13,14). The molecule has 1 heterocycles. The highest BCUT2D eigenvalue weighted by atomic mass is 15.1. The molecule has 1 radical (unpaired) electrons. The number of nitrogens with zero attached hydrogens (tertiary/aromatic N) is 1. The summed E-state index contributed by atoms with van der Waals surface area (Å²) in [6.07, 6.45) is 2.01. The van der Waals surface area contributed by atoms with E-state index in [0.717, 1.165) is 31.8 Å². The molecule has 0 spiro atoms. The van der Waals surface area contributed by atoms with Gasteiger partial charge in [0.05, 0.1) is 6.54 Å². The van der Waals surface area contributed by atoms with Gasteiger partial charge in [0.15, 0.2) is 0 Å². The lowest BCUT2D eigenvalue weighted by Crippen LogP contribution is -2.19. The molecule has 1 N–H and O–H groups in total. The van der Waals surface area contributed by atoms with E-state index in [1.165, 1.54) is 11.1 Å². The molecule has 0 aromatic heterocycles. The molecule has 0 saturated carbocycles. The van der Waals surface area contributed by atoms with Crippen LogP contribution >= 0.6 is 0 Å². The van der Waals surface area contributed by atoms with E-state index in [2.05, 4.69) is 41.5 Å². The Labute approximate surface area is 85.1 Å². The normalized spacial score (nSPS) is 15.1. The highest BCUT2D eigenvalue weighted by Crippen LogP contribution is 2.08. The third kappa shape index (κ3) is 1.95. The molecule has 2 heteroatoms. The van der Waals surface area contributed by atoms with Crippen LogP contribution in [-0.4, -0.2) is 18.9 Å². The van der Waals surface area contributed by atoms with Gasteiger partial charge in [-0.15, -0.1) is 0 Å². The minimum absolute atomic E-state index is 0.899. The number of benzene rings is 1. The van der Waals surface area contributed by atoms with Crippen LogP contribution in [0, 0.1) is 6.92 Å². The first-order chi connectivity index (χ1) is 6.90. The zero-order valence-electron chi connectivity index (χ0n) is 8.29. The summed E-state index contributed by atoms with van der Waals surface area (Å²) in [6, 6.07) is 8.57. The van der Waals surface area contributed by atoms with Gasteiger partial charge in [0.2, 0.25) is 0 Å². The maximum atomic E-state index is 4.37. The molecule has 0 fully saturated rings. The maximum Gasteiger partial charge on any atom is 0.128 e. The Hall–Kier alpha value is -1.31. The summed E-state index contributed by atoms with van der Waals surface area (Å²) in [5.41, 5.74) is 2.54. The van der Waals surface area contributed by atoms with Gasteiger partial charge >= 0.3 is 0 Å². The average Bonchev–Trinajstić information content (AvgIpc) is 2.72. The van der Waals surface area contributed by atoms with Crippen LogP contribution in [0.2, 0.25) is 0 Å². The van der Waals surface area contributed by atoms with Crippen LogP contribution in [0.3, 0.4) is 0 Å². The van der Waals surface area contributed by atoms with Crippen molar-refractivity contribution in [1.82, 2.24) is 5.32 Å². The van der Waals surface area contributed by atoms with E-state index in [1.807, 2.05) is 0 Å². The second-order valence-electron chi connectivity index (χ2n) is 3.46. The minimum Gasteiger partial charge on any atom is -0.368 e. The number of amidine groups is 1. The molecule has 73 valence electrons. The van der Waals surface area contributed by atoms with Gasteiger partial charge < -0.3 is 5.32 Å². The topological polar surface area (TPSA) is 24.4 Å². The maximum absolute atomic E-state index is 4.37. The summed E-state index contributed by atoms with van der Waals surface area (Å²) in [7, 11) is 0. The smallest absolute Gasteiger partial charge is 0.128 e. The highest BCUT2D eigenvalue weighted by molar-refractivity contribution is 5.99. The molecule has 1 aromatic carbocycles. The van der Waals surface area contributed by atoms with E-state index in [4.69, 9.17) is 0 Å². The van der Waals surface area contributed by atoms with Crippen molar-refractivity contribution in [2.45, 2.75) is 12.8 Å². The van der Waals surface area contributed by atoms with E-state index in [0.29, 0.717) is 0 Å². The van der Waals surface area contributed by atoms with Gasteiger partial charge in [-0.2, -0.15) is 0 Å². The molecular formula is C12H15N2. The fraction of sp³-hybridized carbons (Fsp3) is 0.333. The monoisotopic (exact) mass is 187 g/mol. The van der Waals surface area contributed by atoms with Crippen molar-refractivity contribution >= 4 is 5.84 Å². The Balaban J connectivity index is 2.13. The van der Waals surface area contributed by atoms with Crippen LogP contribution in [0.25, 0.3) is 0 Å². The predicted octanol–water partition coefficient (Wildman–Crippen LogP) is 1.80. The highest BCUT2D eigenvalue weighted by Gasteiger charge is 2.06. The van der Waals surface area contributed by atoms with Crippen LogP contribution in [0.1, 0.15) is 17.5 Å². The van der Waals surface area contributed by atoms with Crippen LogP contribution in [0.4, 0.5) is 0 Å². The van der Waals surface area contributed by atoms with E-state index in [9.17, 15) is 0 Å². The molecule has 1 aromatic rings. The van der Waals surface area contributed by atoms with Gasteiger partial charge in [0.25, 0.3) is 0 Å². The number of aliphatic imine (C=N–C) groups is 1. The second kappa shape index (κ2) is 4.27. The molecule has 0 bridgehead atoms. The SMILES string of the molecule is [CH2]CCc1ccc(C2=NCCN2)cc1. The van der Waals surface area contributed by atoms with Crippen LogP contribution < -0.4 is 5.32 Å². The summed E-state index contributed by atoms with van der Waals surface area (Å²) >= 11 is 0. The number of hydrogen-bond donors (Lipinski definition) is 1. The summed E-state index contributed by atoms with van der Waals surface area (Å²) in [4.78, 5) is 4.37. The number of aryl methyl sites for hydroxylation is 1. The molecular weight excluding hydrogens is 172 g/mol. The van der Waals surface area contributed by atoms with Crippen molar-refractivity contribution in [1.29, 1.82) is 0 Å². The summed E-state index contributed by atoms with van der Waals surface area (Å²) in [5, 5.41) is 3.26. The van der Waals surface area contributed by atoms with Gasteiger partial charge in [-0.1, -0.05) is 31.2 Å². The van der Waals surface area contributed by atoms with E-state index < -0.39 is 0 Å². The molecule has 2 nitrogen and oxygen atoms in total. The Morgan fingerprint density at radius 2 is 2.07 bits per heavy atom. The lowest BCUT2D eigenvalue weighted by atomic mass is 10.1. The first-order valence-electron chi connectivity index (χ1n) is 5.07. The average molecular weight is 187 g/mol. The first-order valence-corrected chi connectivity index (χ1v) is 5.07. The predicted molar refractivity (Wildman–Crippen MR) is 59.5 cm³/mol. The Morgan fingerprint density at radius 3 is 2.64 bits per heavy atom. The molecule has 0 unspecified atom stereocenters. The molecule has 2 rings (SSSR count). The summed E-state index contributed by atoms with van der Waals surface area (Å²) in [5.74, 6) is 1.03. The van der Waals surface area contributed by atoms with Gasteiger partial charge in [0, 0.05) is 12.1 Å². The number of hydrogen-bond acceptors (Lipinski definition) is 2. The summed E-state index contributed by atoms with van der Waals surface area (Å²) < 4.78 is 0. The fourth-order valence-electron chi connectivity index (χ4n) is 1.62. The zero-order chi connectivity index (χ0) is 9.80. The van der Waals surface area contributed by atoms with Crippen molar-refractivity contribution in [3.05, 3.63) is 42.3 Å². The van der Waals surface area contributed by atoms with Gasteiger partial charge in [-0.25, -0.2) is 0 Å². The Bertz CT molecular complexity index is 325. The molecule has 0 amide bonds. The molecule has 14 heavy (non-hydrogen) atoms. The van der Waals surface area contributed by atoms with E-state index >= 15 is 0 Å². The lowest BCUT2D eigenvalue weighted by Gasteiger charge is -2.03. The largest absolute Gasteiger partial charge is 0.368 e. The van der Waals surface area contributed by atoms with Gasteiger partial charge in [-0.3, -0.25) is 4.99 Å². The number of rotatable bonds is 3. The van der Waals surface area contributed by atoms with Crippen LogP contribution in [-0.2, 0) is 6.42 Å². The lowest BCUT2D eigenvalue weighted by molar-refractivity contribution is 0.959. The number of nitrogens with one attached hydrogen (secondary N) is 1. The van der Waals surface area contributed by atoms with Gasteiger partial charge in [-0.05, 0) is 18.4 Å². The Kier molecular flexibility index (Phi) is 2.82. The summed E-state index contributed by atoms with van der Waals surface area (Å²) in [6.45, 7) is 5.71. The molecule has 1 aliphatic heterocycles. The molecule has 1 aliphatic rings. The third-order valence-electron chi connectivity index (χ3n) is 2.37. The van der Waals surface area contributed by atoms with Crippen molar-refractivity contribution in [3.8, 4) is 0 Å². The first kappa shape index (κ1) is 9.25.